The summed E-state index contributed by atoms with van der Waals surface area (Å²) in [6.45, 7) is 3.35. The molecule has 1 aliphatic heterocycles. The zero-order chi connectivity index (χ0) is 10.2. The molecular weight excluding hydrogens is 178 g/mol. The molecule has 14 heavy (non-hydrogen) atoms. The molecule has 0 aromatic rings. The molecule has 0 radical (unpaired) electrons. The lowest BCUT2D eigenvalue weighted by Crippen LogP contribution is -2.68. The number of amides is 2. The maximum Gasteiger partial charge on any atom is 0.317 e. The molecule has 3 N–H and O–H groups in total. The fourth-order valence-electron chi connectivity index (χ4n) is 2.31. The minimum Gasteiger partial charge on any atom is -0.335 e. The van der Waals surface area contributed by atoms with Crippen LogP contribution in [0.1, 0.15) is 32.6 Å². The molecule has 80 valence electrons. The van der Waals surface area contributed by atoms with Gasteiger partial charge in [-0.2, -0.15) is 0 Å². The summed E-state index contributed by atoms with van der Waals surface area (Å²) in [4.78, 5) is 13.4. The summed E-state index contributed by atoms with van der Waals surface area (Å²) in [5, 5.41) is 3.05. The molecule has 4 nitrogen and oxygen atoms in total. The van der Waals surface area contributed by atoms with Gasteiger partial charge in [0.2, 0.25) is 0 Å². The summed E-state index contributed by atoms with van der Waals surface area (Å²) in [7, 11) is 0. The Morgan fingerprint density at radius 3 is 2.50 bits per heavy atom. The average molecular weight is 197 g/mol. The molecule has 1 heterocycles. The van der Waals surface area contributed by atoms with E-state index >= 15 is 0 Å². The second-order valence-corrected chi connectivity index (χ2v) is 4.94. The summed E-state index contributed by atoms with van der Waals surface area (Å²) in [6.07, 6.45) is 4.78. The van der Waals surface area contributed by atoms with Gasteiger partial charge in [0, 0.05) is 24.7 Å². The Hall–Kier alpha value is -0.770. The summed E-state index contributed by atoms with van der Waals surface area (Å²) < 4.78 is 0. The van der Waals surface area contributed by atoms with E-state index in [9.17, 15) is 4.79 Å². The number of hydrogen-bond acceptors (Lipinski definition) is 2. The number of nitrogens with two attached hydrogens (primary N) is 1. The molecule has 0 spiro atoms. The van der Waals surface area contributed by atoms with Crippen molar-refractivity contribution in [2.45, 2.75) is 44.2 Å². The van der Waals surface area contributed by atoms with Gasteiger partial charge >= 0.3 is 6.03 Å². The lowest BCUT2D eigenvalue weighted by molar-refractivity contribution is 0.105. The van der Waals surface area contributed by atoms with Gasteiger partial charge in [-0.05, 0) is 19.8 Å². The largest absolute Gasteiger partial charge is 0.335 e. The number of hydrogen-bond donors (Lipinski definition) is 2. The van der Waals surface area contributed by atoms with Gasteiger partial charge in [0.1, 0.15) is 0 Å². The molecule has 0 atom stereocenters. The summed E-state index contributed by atoms with van der Waals surface area (Å²) in [6, 6.07) is 0.479. The van der Waals surface area contributed by atoms with E-state index < -0.39 is 0 Å². The average Bonchev–Trinajstić information content (AvgIpc) is 2.52. The molecule has 2 fully saturated rings. The summed E-state index contributed by atoms with van der Waals surface area (Å²) in [5.41, 5.74) is 5.68. The van der Waals surface area contributed by atoms with Crippen molar-refractivity contribution in [3.05, 3.63) is 0 Å². The van der Waals surface area contributed by atoms with Crippen molar-refractivity contribution in [2.24, 2.45) is 5.73 Å². The van der Waals surface area contributed by atoms with Crippen molar-refractivity contribution in [3.8, 4) is 0 Å². The smallest absolute Gasteiger partial charge is 0.317 e. The van der Waals surface area contributed by atoms with Crippen molar-refractivity contribution in [2.75, 3.05) is 13.1 Å². The highest BCUT2D eigenvalue weighted by Gasteiger charge is 2.38. The topological polar surface area (TPSA) is 58.4 Å². The van der Waals surface area contributed by atoms with Crippen LogP contribution in [0.3, 0.4) is 0 Å². The maximum absolute atomic E-state index is 11.6. The first-order valence-corrected chi connectivity index (χ1v) is 5.41. The van der Waals surface area contributed by atoms with Crippen LogP contribution in [0.25, 0.3) is 0 Å². The zero-order valence-corrected chi connectivity index (χ0v) is 8.75. The van der Waals surface area contributed by atoms with Crippen LogP contribution >= 0.6 is 0 Å². The Morgan fingerprint density at radius 2 is 2.00 bits per heavy atom. The van der Waals surface area contributed by atoms with E-state index in [0.29, 0.717) is 19.1 Å². The minimum atomic E-state index is -0.160. The number of rotatable bonds is 1. The van der Waals surface area contributed by atoms with Gasteiger partial charge in [-0.15, -0.1) is 0 Å². The molecule has 1 aliphatic carbocycles. The lowest BCUT2D eigenvalue weighted by Gasteiger charge is -2.45. The molecule has 0 unspecified atom stereocenters. The molecule has 2 amide bonds. The third-order valence-corrected chi connectivity index (χ3v) is 3.07. The van der Waals surface area contributed by atoms with Crippen LogP contribution in [-0.4, -0.2) is 35.6 Å². The second kappa shape index (κ2) is 3.42. The van der Waals surface area contributed by atoms with Crippen LogP contribution in [0.5, 0.6) is 0 Å². The third-order valence-electron chi connectivity index (χ3n) is 3.07. The minimum absolute atomic E-state index is 0.0693. The van der Waals surface area contributed by atoms with Gasteiger partial charge in [0.05, 0.1) is 0 Å². The van der Waals surface area contributed by atoms with Crippen molar-refractivity contribution >= 4 is 6.03 Å². The molecule has 4 heteroatoms. The van der Waals surface area contributed by atoms with Crippen LogP contribution in [0.4, 0.5) is 4.79 Å². The lowest BCUT2D eigenvalue weighted by atomic mass is 9.94. The fourth-order valence-corrected chi connectivity index (χ4v) is 2.31. The number of likely N-dealkylation sites (tertiary alicyclic amines) is 1. The number of carbonyl (C=O) groups is 1. The van der Waals surface area contributed by atoms with Crippen LogP contribution in [-0.2, 0) is 0 Å². The predicted octanol–water partition coefficient (Wildman–Crippen LogP) is 0.672. The number of nitrogens with one attached hydrogen (secondary N) is 1. The van der Waals surface area contributed by atoms with Gasteiger partial charge in [-0.3, -0.25) is 0 Å². The molecule has 1 saturated heterocycles. The van der Waals surface area contributed by atoms with Gasteiger partial charge in [-0.1, -0.05) is 12.8 Å². The normalized spacial score (nSPS) is 26.0. The van der Waals surface area contributed by atoms with Gasteiger partial charge < -0.3 is 16.0 Å². The van der Waals surface area contributed by atoms with Crippen LogP contribution in [0.2, 0.25) is 0 Å². The van der Waals surface area contributed by atoms with E-state index in [1.807, 2.05) is 6.92 Å². The monoisotopic (exact) mass is 197 g/mol. The molecule has 2 rings (SSSR count). The van der Waals surface area contributed by atoms with Gasteiger partial charge in [-0.25, -0.2) is 4.79 Å². The molecule has 0 aromatic heterocycles. The summed E-state index contributed by atoms with van der Waals surface area (Å²) >= 11 is 0. The first-order valence-electron chi connectivity index (χ1n) is 5.41. The summed E-state index contributed by atoms with van der Waals surface area (Å²) in [5.74, 6) is 0. The second-order valence-electron chi connectivity index (χ2n) is 4.94. The number of nitrogens with zero attached hydrogens (tertiary/aromatic N) is 1. The SMILES string of the molecule is CC1(N)CN(C(=O)NC2CCCC2)C1. The van der Waals surface area contributed by atoms with Crippen LogP contribution in [0, 0.1) is 0 Å². The van der Waals surface area contributed by atoms with Crippen molar-refractivity contribution in [1.29, 1.82) is 0 Å². The van der Waals surface area contributed by atoms with E-state index in [1.165, 1.54) is 12.8 Å². The Labute approximate surface area is 84.8 Å². The van der Waals surface area contributed by atoms with Crippen molar-refractivity contribution in [3.63, 3.8) is 0 Å². The third kappa shape index (κ3) is 2.00. The first kappa shape index (κ1) is 9.77. The van der Waals surface area contributed by atoms with Gasteiger partial charge in [0.25, 0.3) is 0 Å². The molecule has 1 saturated carbocycles. The Balaban J connectivity index is 1.74. The van der Waals surface area contributed by atoms with Crippen molar-refractivity contribution in [1.82, 2.24) is 10.2 Å². The van der Waals surface area contributed by atoms with Crippen LogP contribution < -0.4 is 11.1 Å². The van der Waals surface area contributed by atoms with Gasteiger partial charge in [0.15, 0.2) is 0 Å². The highest BCUT2D eigenvalue weighted by Crippen LogP contribution is 2.20. The standard InChI is InChI=1S/C10H19N3O/c1-10(11)6-13(7-10)9(14)12-8-4-2-3-5-8/h8H,2-7,11H2,1H3,(H,12,14). The quantitative estimate of drug-likeness (QED) is 0.649. The maximum atomic E-state index is 11.6. The van der Waals surface area contributed by atoms with E-state index in [2.05, 4.69) is 5.32 Å². The van der Waals surface area contributed by atoms with Crippen molar-refractivity contribution < 1.29 is 4.79 Å². The Morgan fingerprint density at radius 1 is 1.43 bits per heavy atom. The molecule has 2 aliphatic rings. The van der Waals surface area contributed by atoms with E-state index in [4.69, 9.17) is 5.73 Å². The number of carbonyl (C=O) groups excluding carboxylic acids is 1. The number of urea groups is 1. The van der Waals surface area contributed by atoms with E-state index in [0.717, 1.165) is 12.8 Å². The Kier molecular flexibility index (Phi) is 2.39. The van der Waals surface area contributed by atoms with E-state index in [-0.39, 0.29) is 11.6 Å². The molecular formula is C10H19N3O. The predicted molar refractivity (Wildman–Crippen MR) is 55.0 cm³/mol. The van der Waals surface area contributed by atoms with Crippen LogP contribution in [0.15, 0.2) is 0 Å². The van der Waals surface area contributed by atoms with E-state index in [1.54, 1.807) is 4.90 Å². The fraction of sp³-hybridized carbons (Fsp3) is 0.900. The Bertz CT molecular complexity index is 226. The molecule has 0 bridgehead atoms. The highest BCUT2D eigenvalue weighted by atomic mass is 16.2. The zero-order valence-electron chi connectivity index (χ0n) is 8.75. The molecule has 0 aromatic carbocycles. The first-order chi connectivity index (χ1) is 6.57. The highest BCUT2D eigenvalue weighted by molar-refractivity contribution is 5.75.